The zero-order valence-electron chi connectivity index (χ0n) is 17.5. The number of thioether (sulfide) groups is 1. The van der Waals surface area contributed by atoms with Gasteiger partial charge in [0.15, 0.2) is 10.1 Å². The molecule has 0 atom stereocenters. The summed E-state index contributed by atoms with van der Waals surface area (Å²) in [5.74, 6) is 0. The molecule has 3 heterocycles. The van der Waals surface area contributed by atoms with Gasteiger partial charge in [-0.15, -0.1) is 11.3 Å². The number of hydrogen-bond donors (Lipinski definition) is 1. The van der Waals surface area contributed by atoms with E-state index in [0.29, 0.717) is 0 Å². The molecule has 0 aliphatic heterocycles. The lowest BCUT2D eigenvalue weighted by Crippen LogP contribution is -2.28. The topological polar surface area (TPSA) is 58.4 Å². The van der Waals surface area contributed by atoms with Crippen molar-refractivity contribution < 1.29 is 0 Å². The number of hydrogen-bond acceptors (Lipinski definition) is 7. The Morgan fingerprint density at radius 2 is 1.90 bits per heavy atom. The van der Waals surface area contributed by atoms with Crippen LogP contribution in [0.3, 0.4) is 0 Å². The number of aromatic nitrogens is 4. The average molecular weight is 439 g/mol. The third-order valence-corrected chi connectivity index (χ3v) is 6.45. The normalized spacial score (nSPS) is 11.5. The van der Waals surface area contributed by atoms with Crippen LogP contribution < -0.4 is 5.32 Å². The van der Waals surface area contributed by atoms with Crippen molar-refractivity contribution in [2.75, 3.05) is 37.8 Å². The molecule has 0 spiro atoms. The third kappa shape index (κ3) is 4.35. The summed E-state index contributed by atoms with van der Waals surface area (Å²) in [7, 11) is 0. The van der Waals surface area contributed by atoms with Crippen LogP contribution in [0.15, 0.2) is 53.3 Å². The average Bonchev–Trinajstić information content (AvgIpc) is 3.38. The van der Waals surface area contributed by atoms with Crippen molar-refractivity contribution >= 4 is 33.7 Å². The van der Waals surface area contributed by atoms with Gasteiger partial charge in [0.2, 0.25) is 0 Å². The Morgan fingerprint density at radius 3 is 2.63 bits per heavy atom. The highest BCUT2D eigenvalue weighted by molar-refractivity contribution is 7.98. The molecule has 6 nitrogen and oxygen atoms in total. The smallest absolute Gasteiger partial charge is 0.194 e. The van der Waals surface area contributed by atoms with Crippen molar-refractivity contribution in [3.8, 4) is 22.6 Å². The van der Waals surface area contributed by atoms with E-state index in [0.717, 1.165) is 64.6 Å². The van der Waals surface area contributed by atoms with Gasteiger partial charge in [-0.05, 0) is 37.5 Å². The summed E-state index contributed by atoms with van der Waals surface area (Å²) < 4.78 is 2.11. The standard InChI is InChI=1S/C22H26N6S2/c1-4-27(5-2)13-12-23-17-8-6-16(7-9-17)19-20(28-14-15-30-22(28)26-19)18-10-11-24-21(25-18)29-3/h6-11,14-15,23H,4-5,12-13H2,1-3H3. The van der Waals surface area contributed by atoms with Crippen LogP contribution in [0.5, 0.6) is 0 Å². The van der Waals surface area contributed by atoms with Crippen LogP contribution >= 0.6 is 23.1 Å². The molecule has 30 heavy (non-hydrogen) atoms. The van der Waals surface area contributed by atoms with E-state index in [1.54, 1.807) is 23.1 Å². The number of imidazole rings is 1. The molecule has 156 valence electrons. The summed E-state index contributed by atoms with van der Waals surface area (Å²) in [6.07, 6.45) is 5.85. The van der Waals surface area contributed by atoms with Crippen molar-refractivity contribution in [2.45, 2.75) is 19.0 Å². The Morgan fingerprint density at radius 1 is 1.10 bits per heavy atom. The summed E-state index contributed by atoms with van der Waals surface area (Å²) in [4.78, 5) is 17.3. The Balaban J connectivity index is 1.61. The third-order valence-electron chi connectivity index (χ3n) is 5.13. The van der Waals surface area contributed by atoms with E-state index in [4.69, 9.17) is 9.97 Å². The summed E-state index contributed by atoms with van der Waals surface area (Å²) >= 11 is 3.17. The van der Waals surface area contributed by atoms with Gasteiger partial charge >= 0.3 is 0 Å². The van der Waals surface area contributed by atoms with E-state index < -0.39 is 0 Å². The fraction of sp³-hybridized carbons (Fsp3) is 0.318. The number of benzene rings is 1. The predicted molar refractivity (Wildman–Crippen MR) is 128 cm³/mol. The molecule has 1 N–H and O–H groups in total. The first kappa shape index (κ1) is 20.8. The number of fused-ring (bicyclic) bond motifs is 1. The Bertz CT molecular complexity index is 1100. The maximum atomic E-state index is 4.90. The molecule has 8 heteroatoms. The van der Waals surface area contributed by atoms with Crippen LogP contribution in [0, 0.1) is 0 Å². The molecule has 4 rings (SSSR count). The van der Waals surface area contributed by atoms with E-state index >= 15 is 0 Å². The van der Waals surface area contributed by atoms with Gasteiger partial charge in [-0.1, -0.05) is 37.7 Å². The molecule has 4 aromatic rings. The van der Waals surface area contributed by atoms with Crippen molar-refractivity contribution in [2.24, 2.45) is 0 Å². The van der Waals surface area contributed by atoms with Crippen LogP contribution in [0.2, 0.25) is 0 Å². The molecule has 0 radical (unpaired) electrons. The highest BCUT2D eigenvalue weighted by Gasteiger charge is 2.18. The summed E-state index contributed by atoms with van der Waals surface area (Å²) in [6.45, 7) is 8.54. The number of anilines is 1. The van der Waals surface area contributed by atoms with E-state index in [1.807, 2.05) is 18.5 Å². The summed E-state index contributed by atoms with van der Waals surface area (Å²) in [5, 5.41) is 6.33. The summed E-state index contributed by atoms with van der Waals surface area (Å²) in [5.41, 5.74) is 5.05. The monoisotopic (exact) mass is 438 g/mol. The van der Waals surface area contributed by atoms with Gasteiger partial charge in [0.25, 0.3) is 0 Å². The van der Waals surface area contributed by atoms with E-state index in [1.165, 1.54) is 0 Å². The van der Waals surface area contributed by atoms with E-state index in [-0.39, 0.29) is 0 Å². The highest BCUT2D eigenvalue weighted by atomic mass is 32.2. The Hall–Kier alpha value is -2.42. The van der Waals surface area contributed by atoms with Crippen molar-refractivity contribution in [1.29, 1.82) is 0 Å². The quantitative estimate of drug-likeness (QED) is 0.293. The molecule has 0 saturated heterocycles. The molecular formula is C22H26N6S2. The second-order valence-electron chi connectivity index (χ2n) is 6.82. The molecule has 0 fully saturated rings. The van der Waals surface area contributed by atoms with Crippen LogP contribution in [-0.4, -0.2) is 56.7 Å². The minimum absolute atomic E-state index is 0.761. The lowest BCUT2D eigenvalue weighted by Gasteiger charge is -2.18. The maximum absolute atomic E-state index is 4.90. The van der Waals surface area contributed by atoms with Gasteiger partial charge in [0, 0.05) is 42.1 Å². The van der Waals surface area contributed by atoms with E-state index in [9.17, 15) is 0 Å². The van der Waals surface area contributed by atoms with Gasteiger partial charge < -0.3 is 10.2 Å². The second kappa shape index (κ2) is 9.59. The lowest BCUT2D eigenvalue weighted by atomic mass is 10.1. The number of rotatable bonds is 9. The van der Waals surface area contributed by atoms with Gasteiger partial charge in [-0.25, -0.2) is 15.0 Å². The maximum Gasteiger partial charge on any atom is 0.194 e. The minimum Gasteiger partial charge on any atom is -0.384 e. The van der Waals surface area contributed by atoms with E-state index in [2.05, 4.69) is 69.3 Å². The van der Waals surface area contributed by atoms with Gasteiger partial charge in [0.05, 0.1) is 11.4 Å². The predicted octanol–water partition coefficient (Wildman–Crippen LogP) is 5.00. The Kier molecular flexibility index (Phi) is 6.66. The molecule has 0 bridgehead atoms. The van der Waals surface area contributed by atoms with Crippen LogP contribution in [0.1, 0.15) is 13.8 Å². The fourth-order valence-corrected chi connectivity index (χ4v) is 4.52. The van der Waals surface area contributed by atoms with Gasteiger partial charge in [0.1, 0.15) is 5.69 Å². The number of likely N-dealkylation sites (N-methyl/N-ethyl adjacent to an activating group) is 1. The molecule has 0 amide bonds. The second-order valence-corrected chi connectivity index (χ2v) is 8.47. The molecule has 0 unspecified atom stereocenters. The highest BCUT2D eigenvalue weighted by Crippen LogP contribution is 2.34. The Labute approximate surface area is 185 Å². The zero-order valence-corrected chi connectivity index (χ0v) is 19.1. The largest absolute Gasteiger partial charge is 0.384 e. The fourth-order valence-electron chi connectivity index (χ4n) is 3.45. The first-order valence-corrected chi connectivity index (χ1v) is 12.2. The SMILES string of the molecule is CCN(CC)CCNc1ccc(-c2nc3sccn3c2-c2ccnc(SC)n2)cc1. The van der Waals surface area contributed by atoms with Crippen LogP contribution in [-0.2, 0) is 0 Å². The van der Waals surface area contributed by atoms with Crippen molar-refractivity contribution in [1.82, 2.24) is 24.3 Å². The van der Waals surface area contributed by atoms with Crippen molar-refractivity contribution in [3.05, 3.63) is 48.1 Å². The summed E-state index contributed by atoms with van der Waals surface area (Å²) in [6, 6.07) is 10.5. The lowest BCUT2D eigenvalue weighted by molar-refractivity contribution is 0.316. The van der Waals surface area contributed by atoms with Gasteiger partial charge in [-0.2, -0.15) is 0 Å². The molecule has 0 aliphatic rings. The minimum atomic E-state index is 0.761. The van der Waals surface area contributed by atoms with Crippen molar-refractivity contribution in [3.63, 3.8) is 0 Å². The molecule has 3 aromatic heterocycles. The van der Waals surface area contributed by atoms with Crippen LogP contribution in [0.25, 0.3) is 27.6 Å². The van der Waals surface area contributed by atoms with Crippen LogP contribution in [0.4, 0.5) is 5.69 Å². The molecular weight excluding hydrogens is 412 g/mol. The number of nitrogens with zero attached hydrogens (tertiary/aromatic N) is 5. The first-order chi connectivity index (χ1) is 14.7. The first-order valence-electron chi connectivity index (χ1n) is 10.1. The number of thiazole rings is 1. The molecule has 1 aromatic carbocycles. The number of nitrogens with one attached hydrogen (secondary N) is 1. The zero-order chi connectivity index (χ0) is 20.9. The molecule has 0 aliphatic carbocycles. The van der Waals surface area contributed by atoms with Gasteiger partial charge in [-0.3, -0.25) is 4.40 Å². The molecule has 0 saturated carbocycles.